The Morgan fingerprint density at radius 2 is 2.00 bits per heavy atom. The summed E-state index contributed by atoms with van der Waals surface area (Å²) in [6.07, 6.45) is 2.38. The lowest BCUT2D eigenvalue weighted by molar-refractivity contribution is -0.131. The molecule has 0 aromatic heterocycles. The fourth-order valence-corrected chi connectivity index (χ4v) is 1.62. The van der Waals surface area contributed by atoms with Crippen LogP contribution in [0.4, 0.5) is 5.69 Å². The summed E-state index contributed by atoms with van der Waals surface area (Å²) in [5.41, 5.74) is 1.43. The van der Waals surface area contributed by atoms with E-state index in [0.717, 1.165) is 24.9 Å². The Balaban J connectivity index is 2.97. The van der Waals surface area contributed by atoms with Crippen LogP contribution in [0.3, 0.4) is 0 Å². The topological polar surface area (TPSA) is 60.8 Å². The first-order valence-corrected chi connectivity index (χ1v) is 5.57. The summed E-state index contributed by atoms with van der Waals surface area (Å²) in [4.78, 5) is 12.5. The van der Waals surface area contributed by atoms with Gasteiger partial charge in [0.25, 0.3) is 0 Å². The molecule has 0 spiro atoms. The Morgan fingerprint density at radius 3 is 2.47 bits per heavy atom. The summed E-state index contributed by atoms with van der Waals surface area (Å²) < 4.78 is 0. The van der Waals surface area contributed by atoms with Gasteiger partial charge in [-0.15, -0.1) is 0 Å². The maximum absolute atomic E-state index is 10.4. The highest BCUT2D eigenvalue weighted by Crippen LogP contribution is 2.25. The smallest absolute Gasteiger partial charge is 0.328 e. The first-order chi connectivity index (χ1) is 8.08. The molecule has 1 aromatic carbocycles. The van der Waals surface area contributed by atoms with Crippen molar-refractivity contribution in [2.75, 3.05) is 18.0 Å². The van der Waals surface area contributed by atoms with Crippen molar-refractivity contribution in [3.63, 3.8) is 0 Å². The Bertz CT molecular complexity index is 423. The first-order valence-electron chi connectivity index (χ1n) is 5.57. The Kier molecular flexibility index (Phi) is 4.57. The number of phenolic OH excluding ortho intramolecular Hbond substituents is 1. The van der Waals surface area contributed by atoms with Gasteiger partial charge in [-0.3, -0.25) is 0 Å². The van der Waals surface area contributed by atoms with Gasteiger partial charge in [0.2, 0.25) is 0 Å². The van der Waals surface area contributed by atoms with Crippen LogP contribution in [0.1, 0.15) is 19.4 Å². The minimum Gasteiger partial charge on any atom is -0.507 e. The second-order valence-electron chi connectivity index (χ2n) is 3.59. The van der Waals surface area contributed by atoms with Gasteiger partial charge >= 0.3 is 5.97 Å². The number of carboxylic acid groups (broad SMARTS) is 1. The van der Waals surface area contributed by atoms with Crippen LogP contribution in [-0.4, -0.2) is 29.3 Å². The third kappa shape index (κ3) is 3.52. The normalized spacial score (nSPS) is 10.7. The molecule has 4 nitrogen and oxygen atoms in total. The minimum absolute atomic E-state index is 0.0897. The summed E-state index contributed by atoms with van der Waals surface area (Å²) in [7, 11) is 0. The molecular formula is C13H17NO3. The third-order valence-electron chi connectivity index (χ3n) is 2.55. The molecule has 2 N–H and O–H groups in total. The number of nitrogens with zero attached hydrogens (tertiary/aromatic N) is 1. The van der Waals surface area contributed by atoms with Crippen LogP contribution in [0.15, 0.2) is 24.3 Å². The van der Waals surface area contributed by atoms with Crippen molar-refractivity contribution in [1.29, 1.82) is 0 Å². The number of carboxylic acids is 1. The lowest BCUT2D eigenvalue weighted by atomic mass is 10.1. The number of aliphatic carboxylic acids is 1. The summed E-state index contributed by atoms with van der Waals surface area (Å²) in [6.45, 7) is 5.80. The number of carbonyl (C=O) groups is 1. The van der Waals surface area contributed by atoms with Crippen molar-refractivity contribution in [2.24, 2.45) is 0 Å². The fraction of sp³-hybridized carbons (Fsp3) is 0.308. The maximum Gasteiger partial charge on any atom is 0.328 e. The average Bonchev–Trinajstić information content (AvgIpc) is 2.29. The van der Waals surface area contributed by atoms with Gasteiger partial charge in [0.05, 0.1) is 0 Å². The van der Waals surface area contributed by atoms with E-state index in [1.807, 2.05) is 19.9 Å². The molecule has 92 valence electrons. The average molecular weight is 235 g/mol. The van der Waals surface area contributed by atoms with Crippen LogP contribution >= 0.6 is 0 Å². The number of hydrogen-bond donors (Lipinski definition) is 2. The molecule has 0 amide bonds. The van der Waals surface area contributed by atoms with Crippen molar-refractivity contribution in [3.05, 3.63) is 29.8 Å². The number of rotatable bonds is 5. The summed E-state index contributed by atoms with van der Waals surface area (Å²) >= 11 is 0. The van der Waals surface area contributed by atoms with E-state index in [0.29, 0.717) is 5.56 Å². The van der Waals surface area contributed by atoms with Gasteiger partial charge in [0.1, 0.15) is 5.75 Å². The highest BCUT2D eigenvalue weighted by atomic mass is 16.4. The number of hydrogen-bond acceptors (Lipinski definition) is 3. The van der Waals surface area contributed by atoms with E-state index in [1.165, 1.54) is 6.08 Å². The Hall–Kier alpha value is -1.97. The lowest BCUT2D eigenvalue weighted by Gasteiger charge is -2.21. The predicted molar refractivity (Wildman–Crippen MR) is 68.3 cm³/mol. The molecule has 0 saturated heterocycles. The maximum atomic E-state index is 10.4. The minimum atomic E-state index is -1.03. The molecule has 0 heterocycles. The van der Waals surface area contributed by atoms with Gasteiger partial charge < -0.3 is 15.1 Å². The molecule has 0 aliphatic rings. The van der Waals surface area contributed by atoms with Gasteiger partial charge in [0.15, 0.2) is 0 Å². The molecule has 1 aromatic rings. The molecule has 4 heteroatoms. The molecule has 0 aliphatic carbocycles. The molecule has 0 aliphatic heterocycles. The highest BCUT2D eigenvalue weighted by molar-refractivity contribution is 5.86. The van der Waals surface area contributed by atoms with Crippen LogP contribution in [0.25, 0.3) is 6.08 Å². The zero-order chi connectivity index (χ0) is 12.8. The van der Waals surface area contributed by atoms with E-state index < -0.39 is 5.97 Å². The standard InChI is InChI=1S/C13H17NO3/c1-3-14(4-2)11-7-5-10(12(15)9-11)6-8-13(16)17/h5-9,15H,3-4H2,1-2H3,(H,16,17)/b8-6+. The predicted octanol–water partition coefficient (Wildman–Crippen LogP) is 2.34. The molecule has 0 radical (unpaired) electrons. The van der Waals surface area contributed by atoms with Crippen molar-refractivity contribution < 1.29 is 15.0 Å². The monoisotopic (exact) mass is 235 g/mol. The molecule has 0 atom stereocenters. The van der Waals surface area contributed by atoms with Crippen LogP contribution < -0.4 is 4.90 Å². The molecule has 0 unspecified atom stereocenters. The van der Waals surface area contributed by atoms with Crippen molar-refractivity contribution in [3.8, 4) is 5.75 Å². The van der Waals surface area contributed by atoms with E-state index in [1.54, 1.807) is 12.1 Å². The van der Waals surface area contributed by atoms with Gasteiger partial charge in [-0.2, -0.15) is 0 Å². The second kappa shape index (κ2) is 5.94. The van der Waals surface area contributed by atoms with Gasteiger partial charge in [0, 0.05) is 36.5 Å². The molecule has 17 heavy (non-hydrogen) atoms. The molecule has 0 fully saturated rings. The molecular weight excluding hydrogens is 218 g/mol. The van der Waals surface area contributed by atoms with E-state index in [4.69, 9.17) is 5.11 Å². The van der Waals surface area contributed by atoms with E-state index in [-0.39, 0.29) is 5.75 Å². The number of anilines is 1. The Labute approximate surface area is 101 Å². The summed E-state index contributed by atoms with van der Waals surface area (Å²) in [5.74, 6) is -0.941. The van der Waals surface area contributed by atoms with Gasteiger partial charge in [-0.05, 0) is 32.1 Å². The van der Waals surface area contributed by atoms with E-state index in [9.17, 15) is 9.90 Å². The van der Waals surface area contributed by atoms with E-state index >= 15 is 0 Å². The van der Waals surface area contributed by atoms with Crippen LogP contribution in [0.5, 0.6) is 5.75 Å². The van der Waals surface area contributed by atoms with Crippen LogP contribution in [0, 0.1) is 0 Å². The second-order valence-corrected chi connectivity index (χ2v) is 3.59. The Morgan fingerprint density at radius 1 is 1.35 bits per heavy atom. The first kappa shape index (κ1) is 13.1. The van der Waals surface area contributed by atoms with Crippen molar-refractivity contribution in [1.82, 2.24) is 0 Å². The quantitative estimate of drug-likeness (QED) is 0.769. The highest BCUT2D eigenvalue weighted by Gasteiger charge is 2.05. The molecule has 1 rings (SSSR count). The fourth-order valence-electron chi connectivity index (χ4n) is 1.62. The number of phenols is 1. The van der Waals surface area contributed by atoms with Gasteiger partial charge in [-0.1, -0.05) is 0 Å². The van der Waals surface area contributed by atoms with Crippen molar-refractivity contribution >= 4 is 17.7 Å². The molecule has 0 bridgehead atoms. The van der Waals surface area contributed by atoms with Crippen LogP contribution in [-0.2, 0) is 4.79 Å². The van der Waals surface area contributed by atoms with Gasteiger partial charge in [-0.25, -0.2) is 4.79 Å². The largest absolute Gasteiger partial charge is 0.507 e. The van der Waals surface area contributed by atoms with Crippen LogP contribution in [0.2, 0.25) is 0 Å². The van der Waals surface area contributed by atoms with E-state index in [2.05, 4.69) is 4.90 Å². The zero-order valence-corrected chi connectivity index (χ0v) is 10.1. The zero-order valence-electron chi connectivity index (χ0n) is 10.1. The van der Waals surface area contributed by atoms with Crippen molar-refractivity contribution in [2.45, 2.75) is 13.8 Å². The number of benzene rings is 1. The lowest BCUT2D eigenvalue weighted by Crippen LogP contribution is -2.21. The number of aromatic hydroxyl groups is 1. The summed E-state index contributed by atoms with van der Waals surface area (Å²) in [5, 5.41) is 18.3. The third-order valence-corrected chi connectivity index (χ3v) is 2.55. The summed E-state index contributed by atoms with van der Waals surface area (Å²) in [6, 6.07) is 5.23. The SMILES string of the molecule is CCN(CC)c1ccc(/C=C/C(=O)O)c(O)c1. The molecule has 0 saturated carbocycles.